The van der Waals surface area contributed by atoms with Gasteiger partial charge in [0.15, 0.2) is 0 Å². The van der Waals surface area contributed by atoms with Crippen molar-refractivity contribution < 1.29 is 16.5 Å². The van der Waals surface area contributed by atoms with Gasteiger partial charge in [-0.2, -0.15) is 0 Å². The zero-order valence-corrected chi connectivity index (χ0v) is 17.3. The van der Waals surface area contributed by atoms with Crippen LogP contribution in [0.2, 0.25) is 0 Å². The summed E-state index contributed by atoms with van der Waals surface area (Å²) in [7, 11) is -2.61. The van der Waals surface area contributed by atoms with Crippen LogP contribution in [-0.2, 0) is 16.5 Å². The summed E-state index contributed by atoms with van der Waals surface area (Å²) in [5, 5.41) is 0. The Morgan fingerprint density at radius 1 is 0.611 bits per heavy atom. The van der Waals surface area contributed by atoms with Gasteiger partial charge in [-0.3, -0.25) is 0 Å². The molecule has 18 heavy (non-hydrogen) atoms. The molecule has 102 valence electrons. The molecule has 8 heteroatoms. The Balaban J connectivity index is 0.000000184. The first kappa shape index (κ1) is 16.0. The monoisotopic (exact) mass is 318 g/mol. The van der Waals surface area contributed by atoms with E-state index in [0.29, 0.717) is 0 Å². The van der Waals surface area contributed by atoms with Crippen LogP contribution in [0.15, 0.2) is 12.1 Å². The molecule has 0 atom stereocenters. The molecule has 0 bridgehead atoms. The Labute approximate surface area is 119 Å². The van der Waals surface area contributed by atoms with Crippen LogP contribution >= 0.6 is 0 Å². The largest absolute Gasteiger partial charge is 0.425 e. The first-order chi connectivity index (χ1) is 8.63. The van der Waals surface area contributed by atoms with Crippen molar-refractivity contribution in [3.8, 4) is 0 Å². The number of rotatable bonds is 0. The van der Waals surface area contributed by atoms with E-state index >= 15 is 0 Å². The second-order valence-corrected chi connectivity index (χ2v) is 11.7. The molecule has 0 radical (unpaired) electrons. The molecule has 4 nitrogen and oxygen atoms in total. The molecule has 0 aliphatic carbocycles. The lowest BCUT2D eigenvalue weighted by Crippen LogP contribution is -2.23. The van der Waals surface area contributed by atoms with Crippen LogP contribution in [-0.4, -0.2) is 40.0 Å². The summed E-state index contributed by atoms with van der Waals surface area (Å²) in [6.07, 6.45) is 0. The predicted molar refractivity (Wildman–Crippen MR) is 83.9 cm³/mol. The van der Waals surface area contributed by atoms with Crippen LogP contribution in [0.1, 0.15) is 22.3 Å². The smallest absolute Gasteiger partial charge is 0.286 e. The van der Waals surface area contributed by atoms with Crippen molar-refractivity contribution in [2.75, 3.05) is 0 Å². The van der Waals surface area contributed by atoms with E-state index in [1.54, 1.807) is 0 Å². The van der Waals surface area contributed by atoms with Gasteiger partial charge in [-0.15, -0.1) is 0 Å². The molecule has 0 N–H and O–H groups in total. The lowest BCUT2D eigenvalue weighted by atomic mass is 10.0. The zero-order valence-electron chi connectivity index (χ0n) is 11.6. The Morgan fingerprint density at radius 2 is 0.889 bits per heavy atom. The summed E-state index contributed by atoms with van der Waals surface area (Å²) >= 11 is 0. The van der Waals surface area contributed by atoms with Crippen molar-refractivity contribution in [2.24, 2.45) is 0 Å². The van der Waals surface area contributed by atoms with E-state index in [4.69, 9.17) is 16.5 Å². The molecular weight excluding hydrogens is 296 g/mol. The lowest BCUT2D eigenvalue weighted by molar-refractivity contribution is 0.347. The van der Waals surface area contributed by atoms with Crippen molar-refractivity contribution in [2.45, 2.75) is 27.7 Å². The fraction of sp³-hybridized carbons (Fsp3) is 0.400. The van der Waals surface area contributed by atoms with Gasteiger partial charge < -0.3 is 16.5 Å². The van der Waals surface area contributed by atoms with Crippen LogP contribution < -0.4 is 0 Å². The summed E-state index contributed by atoms with van der Waals surface area (Å²) in [6.45, 7) is 8.67. The normalized spacial score (nSPS) is 21.6. The standard InChI is InChI=1S/C10H14.H8O4Si4/c1-7-5-6-8(2)10(4)9(7)3;1-5-2-7-4-8-3-6-1/h5-6H,1-4H3;5-8H2. The highest BCUT2D eigenvalue weighted by atomic mass is 28.4. The first-order valence-corrected chi connectivity index (χ1v) is 10.6. The third kappa shape index (κ3) is 5.71. The molecule has 2 rings (SSSR count). The highest BCUT2D eigenvalue weighted by molar-refractivity contribution is 6.50. The van der Waals surface area contributed by atoms with Crippen LogP contribution in [0, 0.1) is 27.7 Å². The van der Waals surface area contributed by atoms with Crippen molar-refractivity contribution in [1.82, 2.24) is 0 Å². The van der Waals surface area contributed by atoms with Crippen molar-refractivity contribution >= 4 is 40.0 Å². The van der Waals surface area contributed by atoms with Gasteiger partial charge in [0.1, 0.15) is 0 Å². The first-order valence-electron chi connectivity index (χ1n) is 5.97. The number of benzene rings is 1. The average Bonchev–Trinajstić information content (AvgIpc) is 2.32. The lowest BCUT2D eigenvalue weighted by Gasteiger charge is -2.10. The maximum atomic E-state index is 5.10. The Bertz CT molecular complexity index is 324. The molecule has 1 aliphatic rings. The summed E-state index contributed by atoms with van der Waals surface area (Å²) in [4.78, 5) is 0. The summed E-state index contributed by atoms with van der Waals surface area (Å²) in [5.74, 6) is 0. The molecule has 0 aromatic heterocycles. The van der Waals surface area contributed by atoms with E-state index in [1.807, 2.05) is 0 Å². The van der Waals surface area contributed by atoms with Crippen LogP contribution in [0.5, 0.6) is 0 Å². The molecule has 0 spiro atoms. The van der Waals surface area contributed by atoms with Crippen LogP contribution in [0.3, 0.4) is 0 Å². The van der Waals surface area contributed by atoms with E-state index in [9.17, 15) is 0 Å². The zero-order chi connectivity index (χ0) is 13.4. The highest BCUT2D eigenvalue weighted by Crippen LogP contribution is 2.15. The van der Waals surface area contributed by atoms with Crippen molar-refractivity contribution in [3.05, 3.63) is 34.4 Å². The minimum atomic E-state index is -0.653. The Hall–Kier alpha value is -0.0725. The predicted octanol–water partition coefficient (Wildman–Crippen LogP) is -1.02. The SMILES string of the molecule is Cc1ccc(C)c(C)c1C.O1[SiH2]O[SiH2]O[SiH2]O[SiH2]1. The van der Waals surface area contributed by atoms with Gasteiger partial charge in [0.25, 0.3) is 40.0 Å². The van der Waals surface area contributed by atoms with Gasteiger partial charge in [0.2, 0.25) is 0 Å². The topological polar surface area (TPSA) is 36.9 Å². The van der Waals surface area contributed by atoms with Gasteiger partial charge in [0.05, 0.1) is 0 Å². The van der Waals surface area contributed by atoms with Crippen LogP contribution in [0.25, 0.3) is 0 Å². The Kier molecular flexibility index (Phi) is 7.93. The fourth-order valence-electron chi connectivity index (χ4n) is 1.46. The minimum absolute atomic E-state index is 0.653. The second-order valence-electron chi connectivity index (χ2n) is 4.24. The van der Waals surface area contributed by atoms with E-state index in [0.717, 1.165) is 0 Å². The quantitative estimate of drug-likeness (QED) is 0.574. The Morgan fingerprint density at radius 3 is 1.17 bits per heavy atom. The molecule has 1 saturated heterocycles. The van der Waals surface area contributed by atoms with Crippen molar-refractivity contribution in [3.63, 3.8) is 0 Å². The maximum absolute atomic E-state index is 5.10. The van der Waals surface area contributed by atoms with Crippen LogP contribution in [0.4, 0.5) is 0 Å². The van der Waals surface area contributed by atoms with E-state index in [1.165, 1.54) is 22.3 Å². The molecule has 0 amide bonds. The van der Waals surface area contributed by atoms with Gasteiger partial charge in [-0.25, -0.2) is 0 Å². The number of aryl methyl sites for hydroxylation is 2. The van der Waals surface area contributed by atoms with Gasteiger partial charge in [0, 0.05) is 0 Å². The van der Waals surface area contributed by atoms with Gasteiger partial charge in [-0.05, 0) is 49.9 Å². The summed E-state index contributed by atoms with van der Waals surface area (Å²) in [6, 6.07) is 4.36. The maximum Gasteiger partial charge on any atom is 0.286 e. The molecule has 1 aliphatic heterocycles. The average molecular weight is 319 g/mol. The third-order valence-corrected chi connectivity index (χ3v) is 8.33. The fourth-order valence-corrected chi connectivity index (χ4v) is 8.68. The third-order valence-electron chi connectivity index (χ3n) is 3.00. The number of hydrogen-bond acceptors (Lipinski definition) is 4. The highest BCUT2D eigenvalue weighted by Gasteiger charge is 1.98. The molecule has 0 unspecified atom stereocenters. The minimum Gasteiger partial charge on any atom is -0.425 e. The molecule has 0 saturated carbocycles. The second kappa shape index (κ2) is 8.93. The van der Waals surface area contributed by atoms with E-state index in [2.05, 4.69) is 39.8 Å². The van der Waals surface area contributed by atoms with Gasteiger partial charge in [-0.1, -0.05) is 12.1 Å². The molecule has 1 fully saturated rings. The summed E-state index contributed by atoms with van der Waals surface area (Å²) in [5.41, 5.74) is 5.64. The molecular formula is C10H22O4Si4. The van der Waals surface area contributed by atoms with E-state index in [-0.39, 0.29) is 0 Å². The molecule has 1 aromatic carbocycles. The molecule has 1 heterocycles. The molecule has 1 aromatic rings. The van der Waals surface area contributed by atoms with E-state index < -0.39 is 40.0 Å². The number of hydrogen-bond donors (Lipinski definition) is 0. The van der Waals surface area contributed by atoms with Crippen molar-refractivity contribution in [1.29, 1.82) is 0 Å². The summed E-state index contributed by atoms with van der Waals surface area (Å²) < 4.78 is 20.4. The van der Waals surface area contributed by atoms with Gasteiger partial charge >= 0.3 is 0 Å².